The van der Waals surface area contributed by atoms with Gasteiger partial charge in [-0.15, -0.1) is 0 Å². The Morgan fingerprint density at radius 1 is 1.00 bits per heavy atom. The molecule has 0 spiro atoms. The van der Waals surface area contributed by atoms with Gasteiger partial charge in [-0.25, -0.2) is 0 Å². The molecule has 2 heterocycles. The average molecular weight is 314 g/mol. The van der Waals surface area contributed by atoms with Gasteiger partial charge in [0.1, 0.15) is 6.07 Å². The summed E-state index contributed by atoms with van der Waals surface area (Å²) in [7, 11) is 4.01. The molecule has 4 heteroatoms. The SMILES string of the molecule is Cc1nc(-c2ccccn2)cc(-c2ccc(N(C)C)cc2)c1C#N. The van der Waals surface area contributed by atoms with E-state index in [9.17, 15) is 5.26 Å². The highest BCUT2D eigenvalue weighted by Gasteiger charge is 2.13. The van der Waals surface area contributed by atoms with Gasteiger partial charge in [-0.05, 0) is 42.8 Å². The van der Waals surface area contributed by atoms with Crippen LogP contribution in [0.25, 0.3) is 22.5 Å². The summed E-state index contributed by atoms with van der Waals surface area (Å²) in [5.41, 5.74) is 5.90. The lowest BCUT2D eigenvalue weighted by atomic mass is 9.98. The van der Waals surface area contributed by atoms with E-state index >= 15 is 0 Å². The molecule has 3 aromatic rings. The van der Waals surface area contributed by atoms with E-state index in [1.807, 2.05) is 74.4 Å². The molecular weight excluding hydrogens is 296 g/mol. The highest BCUT2D eigenvalue weighted by Crippen LogP contribution is 2.30. The Morgan fingerprint density at radius 3 is 2.33 bits per heavy atom. The molecular formula is C20H18N4. The van der Waals surface area contributed by atoms with E-state index in [4.69, 9.17) is 0 Å². The molecule has 0 unspecified atom stereocenters. The summed E-state index contributed by atoms with van der Waals surface area (Å²) in [4.78, 5) is 11.0. The minimum absolute atomic E-state index is 0.604. The summed E-state index contributed by atoms with van der Waals surface area (Å²) in [5.74, 6) is 0. The highest BCUT2D eigenvalue weighted by atomic mass is 15.1. The number of hydrogen-bond acceptors (Lipinski definition) is 4. The fourth-order valence-electron chi connectivity index (χ4n) is 2.63. The third kappa shape index (κ3) is 2.97. The van der Waals surface area contributed by atoms with Gasteiger partial charge in [0, 0.05) is 31.5 Å². The maximum absolute atomic E-state index is 9.55. The average Bonchev–Trinajstić information content (AvgIpc) is 2.62. The van der Waals surface area contributed by atoms with Crippen LogP contribution in [0.5, 0.6) is 0 Å². The van der Waals surface area contributed by atoms with Gasteiger partial charge in [-0.2, -0.15) is 5.26 Å². The summed E-state index contributed by atoms with van der Waals surface area (Å²) in [6, 6.07) is 18.1. The molecule has 0 bridgehead atoms. The number of anilines is 1. The lowest BCUT2D eigenvalue weighted by Gasteiger charge is -2.14. The molecule has 0 saturated heterocycles. The molecule has 0 radical (unpaired) electrons. The van der Waals surface area contributed by atoms with Crippen LogP contribution in [0, 0.1) is 18.3 Å². The number of aryl methyl sites for hydroxylation is 1. The predicted molar refractivity (Wildman–Crippen MR) is 96.7 cm³/mol. The molecule has 0 N–H and O–H groups in total. The van der Waals surface area contributed by atoms with Gasteiger partial charge in [0.2, 0.25) is 0 Å². The summed E-state index contributed by atoms with van der Waals surface area (Å²) in [6.07, 6.45) is 1.75. The predicted octanol–water partition coefficient (Wildman–Crippen LogP) is 4.06. The van der Waals surface area contributed by atoms with E-state index in [-0.39, 0.29) is 0 Å². The van der Waals surface area contributed by atoms with Crippen molar-refractivity contribution in [1.29, 1.82) is 5.26 Å². The standard InChI is InChI=1S/C20H18N4/c1-14-18(13-21)17(15-7-9-16(10-8-15)24(2)3)12-20(23-14)19-6-4-5-11-22-19/h4-12H,1-3H3. The van der Waals surface area contributed by atoms with Crippen LogP contribution in [-0.4, -0.2) is 24.1 Å². The zero-order valence-electron chi connectivity index (χ0n) is 14.0. The molecule has 0 saturated carbocycles. The van der Waals surface area contributed by atoms with E-state index in [0.29, 0.717) is 11.3 Å². The van der Waals surface area contributed by atoms with Gasteiger partial charge < -0.3 is 4.90 Å². The van der Waals surface area contributed by atoms with Crippen LogP contribution in [0.15, 0.2) is 54.7 Å². The lowest BCUT2D eigenvalue weighted by molar-refractivity contribution is 1.13. The van der Waals surface area contributed by atoms with E-state index in [1.165, 1.54) is 0 Å². The van der Waals surface area contributed by atoms with Crippen molar-refractivity contribution in [3.8, 4) is 28.6 Å². The molecule has 0 atom stereocenters. The number of aromatic nitrogens is 2. The molecule has 24 heavy (non-hydrogen) atoms. The summed E-state index contributed by atoms with van der Waals surface area (Å²) < 4.78 is 0. The zero-order chi connectivity index (χ0) is 17.1. The van der Waals surface area contributed by atoms with Crippen molar-refractivity contribution in [2.24, 2.45) is 0 Å². The smallest absolute Gasteiger partial charge is 0.102 e. The molecule has 0 aliphatic rings. The van der Waals surface area contributed by atoms with Crippen molar-refractivity contribution >= 4 is 5.69 Å². The number of nitrogens with zero attached hydrogens (tertiary/aromatic N) is 4. The Morgan fingerprint density at radius 2 is 1.75 bits per heavy atom. The van der Waals surface area contributed by atoms with Crippen LogP contribution in [0.4, 0.5) is 5.69 Å². The summed E-state index contributed by atoms with van der Waals surface area (Å²) in [6.45, 7) is 1.86. The second kappa shape index (κ2) is 6.51. The van der Waals surface area contributed by atoms with Crippen molar-refractivity contribution in [3.63, 3.8) is 0 Å². The number of hydrogen-bond donors (Lipinski definition) is 0. The number of pyridine rings is 2. The quantitative estimate of drug-likeness (QED) is 0.731. The first-order chi connectivity index (χ1) is 11.6. The Labute approximate surface area is 142 Å². The van der Waals surface area contributed by atoms with Crippen LogP contribution in [0.3, 0.4) is 0 Å². The Hall–Kier alpha value is -3.19. The monoisotopic (exact) mass is 314 g/mol. The van der Waals surface area contributed by atoms with Crippen LogP contribution < -0.4 is 4.90 Å². The van der Waals surface area contributed by atoms with Gasteiger partial charge in [0.25, 0.3) is 0 Å². The van der Waals surface area contributed by atoms with Crippen molar-refractivity contribution in [2.45, 2.75) is 6.92 Å². The molecule has 3 rings (SSSR count). The Bertz CT molecular complexity index is 891. The summed E-state index contributed by atoms with van der Waals surface area (Å²) >= 11 is 0. The van der Waals surface area contributed by atoms with Gasteiger partial charge >= 0.3 is 0 Å². The van der Waals surface area contributed by atoms with Crippen molar-refractivity contribution in [2.75, 3.05) is 19.0 Å². The van der Waals surface area contributed by atoms with E-state index in [2.05, 4.69) is 16.0 Å². The third-order valence-electron chi connectivity index (χ3n) is 3.93. The highest BCUT2D eigenvalue weighted by molar-refractivity contribution is 5.76. The van der Waals surface area contributed by atoms with Crippen molar-refractivity contribution < 1.29 is 0 Å². The molecule has 0 aliphatic heterocycles. The van der Waals surface area contributed by atoms with Gasteiger partial charge in [-0.1, -0.05) is 18.2 Å². The maximum atomic E-state index is 9.55. The maximum Gasteiger partial charge on any atom is 0.102 e. The lowest BCUT2D eigenvalue weighted by Crippen LogP contribution is -2.08. The molecule has 4 nitrogen and oxygen atoms in total. The first-order valence-electron chi connectivity index (χ1n) is 7.71. The molecule has 1 aromatic carbocycles. The van der Waals surface area contributed by atoms with E-state index in [1.54, 1.807) is 6.20 Å². The Kier molecular flexibility index (Phi) is 4.26. The van der Waals surface area contributed by atoms with Gasteiger partial charge in [-0.3, -0.25) is 9.97 Å². The van der Waals surface area contributed by atoms with Crippen molar-refractivity contribution in [1.82, 2.24) is 9.97 Å². The molecule has 0 amide bonds. The fourth-order valence-corrected chi connectivity index (χ4v) is 2.63. The fraction of sp³-hybridized carbons (Fsp3) is 0.150. The van der Waals surface area contributed by atoms with Crippen LogP contribution in [0.1, 0.15) is 11.3 Å². The van der Waals surface area contributed by atoms with Crippen molar-refractivity contribution in [3.05, 3.63) is 66.0 Å². The topological polar surface area (TPSA) is 52.8 Å². The van der Waals surface area contributed by atoms with Crippen LogP contribution in [-0.2, 0) is 0 Å². The molecule has 2 aromatic heterocycles. The number of nitriles is 1. The minimum Gasteiger partial charge on any atom is -0.378 e. The van der Waals surface area contributed by atoms with Gasteiger partial charge in [0.05, 0.1) is 22.6 Å². The van der Waals surface area contributed by atoms with E-state index in [0.717, 1.165) is 28.2 Å². The normalized spacial score (nSPS) is 10.2. The van der Waals surface area contributed by atoms with E-state index < -0.39 is 0 Å². The molecule has 0 fully saturated rings. The first-order valence-corrected chi connectivity index (χ1v) is 7.71. The first kappa shape index (κ1) is 15.7. The molecule has 0 aliphatic carbocycles. The summed E-state index contributed by atoms with van der Waals surface area (Å²) in [5, 5.41) is 9.55. The second-order valence-corrected chi connectivity index (χ2v) is 5.78. The van der Waals surface area contributed by atoms with Crippen LogP contribution in [0.2, 0.25) is 0 Å². The largest absolute Gasteiger partial charge is 0.378 e. The van der Waals surface area contributed by atoms with Crippen LogP contribution >= 0.6 is 0 Å². The molecule has 118 valence electrons. The number of rotatable bonds is 3. The Balaban J connectivity index is 2.15. The van der Waals surface area contributed by atoms with Gasteiger partial charge in [0.15, 0.2) is 0 Å². The minimum atomic E-state index is 0.604. The number of benzene rings is 1. The zero-order valence-corrected chi connectivity index (χ0v) is 14.0. The second-order valence-electron chi connectivity index (χ2n) is 5.78. The third-order valence-corrected chi connectivity index (χ3v) is 3.93.